The molecule has 3 aromatic carbocycles. The highest BCUT2D eigenvalue weighted by Crippen LogP contribution is 2.33. The van der Waals surface area contributed by atoms with E-state index in [-0.39, 0.29) is 11.3 Å². The number of benzene rings is 3. The molecule has 0 saturated heterocycles. The molecule has 4 rings (SSSR count). The van der Waals surface area contributed by atoms with E-state index in [2.05, 4.69) is 15.6 Å². The van der Waals surface area contributed by atoms with Crippen LogP contribution >= 0.6 is 0 Å². The van der Waals surface area contributed by atoms with Crippen LogP contribution in [0.3, 0.4) is 0 Å². The summed E-state index contributed by atoms with van der Waals surface area (Å²) in [5, 5.41) is 5.41. The number of ether oxygens (including phenoxy) is 2. The highest BCUT2D eigenvalue weighted by molar-refractivity contribution is 6.01. The maximum Gasteiger partial charge on any atom is 0.323 e. The van der Waals surface area contributed by atoms with Crippen molar-refractivity contribution in [3.8, 4) is 17.2 Å². The summed E-state index contributed by atoms with van der Waals surface area (Å²) < 4.78 is 37.8. The number of nitrogens with two attached hydrogens (primary N) is 1. The van der Waals surface area contributed by atoms with Gasteiger partial charge in [0.15, 0.2) is 0 Å². The molecule has 10 heteroatoms. The van der Waals surface area contributed by atoms with Crippen molar-refractivity contribution in [1.29, 1.82) is 0 Å². The summed E-state index contributed by atoms with van der Waals surface area (Å²) in [6.45, 7) is 0. The Morgan fingerprint density at radius 1 is 0.941 bits per heavy atom. The number of anilines is 2. The summed E-state index contributed by atoms with van der Waals surface area (Å²) in [7, 11) is 1.43. The Balaban J connectivity index is 1.50. The van der Waals surface area contributed by atoms with E-state index < -0.39 is 23.6 Å². The molecular weight excluding hydrogens is 446 g/mol. The molecule has 3 amide bonds. The lowest BCUT2D eigenvalue weighted by molar-refractivity contribution is 0.0997. The first-order valence-corrected chi connectivity index (χ1v) is 9.91. The van der Waals surface area contributed by atoms with Crippen molar-refractivity contribution in [2.24, 2.45) is 5.73 Å². The number of hydrogen-bond acceptors (Lipinski definition) is 5. The molecule has 0 atom stereocenters. The molecule has 34 heavy (non-hydrogen) atoms. The highest BCUT2D eigenvalue weighted by Gasteiger charge is 2.14. The largest absolute Gasteiger partial charge is 0.496 e. The first-order chi connectivity index (χ1) is 16.3. The van der Waals surface area contributed by atoms with Crippen molar-refractivity contribution in [3.63, 3.8) is 0 Å². The van der Waals surface area contributed by atoms with Crippen molar-refractivity contribution < 1.29 is 27.8 Å². The maximum absolute atomic E-state index is 13.7. The number of pyridine rings is 1. The third-order valence-corrected chi connectivity index (χ3v) is 4.81. The van der Waals surface area contributed by atoms with E-state index in [1.54, 1.807) is 48.7 Å². The fourth-order valence-electron chi connectivity index (χ4n) is 3.21. The molecule has 0 radical (unpaired) electrons. The van der Waals surface area contributed by atoms with Crippen LogP contribution in [0.1, 0.15) is 10.4 Å². The topological polar surface area (TPSA) is 116 Å². The number of halogens is 2. The zero-order valence-electron chi connectivity index (χ0n) is 17.8. The molecule has 0 spiro atoms. The minimum atomic E-state index is -0.888. The van der Waals surface area contributed by atoms with Crippen molar-refractivity contribution in [2.75, 3.05) is 17.7 Å². The molecule has 0 unspecified atom stereocenters. The monoisotopic (exact) mass is 464 g/mol. The lowest BCUT2D eigenvalue weighted by Gasteiger charge is -2.12. The molecule has 0 saturated carbocycles. The first-order valence-electron chi connectivity index (χ1n) is 9.91. The van der Waals surface area contributed by atoms with Crippen LogP contribution in [0.15, 0.2) is 66.9 Å². The van der Waals surface area contributed by atoms with Gasteiger partial charge in [-0.3, -0.25) is 9.78 Å². The van der Waals surface area contributed by atoms with Crippen LogP contribution in [0, 0.1) is 11.6 Å². The summed E-state index contributed by atoms with van der Waals surface area (Å²) in [4.78, 5) is 28.2. The Labute approximate surface area is 192 Å². The number of methoxy groups -OCH3 is 1. The van der Waals surface area contributed by atoms with Crippen molar-refractivity contribution in [1.82, 2.24) is 4.98 Å². The third-order valence-electron chi connectivity index (χ3n) is 4.81. The second kappa shape index (κ2) is 9.41. The Morgan fingerprint density at radius 2 is 1.71 bits per heavy atom. The molecule has 0 aliphatic rings. The smallest absolute Gasteiger partial charge is 0.323 e. The van der Waals surface area contributed by atoms with Gasteiger partial charge in [-0.05, 0) is 48.5 Å². The quantitative estimate of drug-likeness (QED) is 0.369. The molecular formula is C24H18F2N4O4. The number of hydrogen-bond donors (Lipinski definition) is 3. The first kappa shape index (κ1) is 22.5. The highest BCUT2D eigenvalue weighted by atomic mass is 19.1. The molecule has 8 nitrogen and oxygen atoms in total. The van der Waals surface area contributed by atoms with Crippen molar-refractivity contribution >= 4 is 34.2 Å². The summed E-state index contributed by atoms with van der Waals surface area (Å²) >= 11 is 0. The standard InChI is InChI=1S/C24H18F2N4O4/c1-33-22-12-20-16(11-17(22)23(27)31)21(8-9-28-20)34-15-5-3-14(4-6-15)29-24(32)30-19-7-2-13(25)10-18(19)26/h2-12H,1H3,(H2,27,31)(H2,29,30,32). The lowest BCUT2D eigenvalue weighted by atomic mass is 10.1. The van der Waals surface area contributed by atoms with Gasteiger partial charge in [0.25, 0.3) is 5.91 Å². The van der Waals surface area contributed by atoms with E-state index >= 15 is 0 Å². The fraction of sp³-hybridized carbons (Fsp3) is 0.0417. The van der Waals surface area contributed by atoms with Gasteiger partial charge in [0.05, 0.1) is 23.9 Å². The van der Waals surface area contributed by atoms with Gasteiger partial charge in [-0.1, -0.05) is 0 Å². The van der Waals surface area contributed by atoms with Gasteiger partial charge in [0.1, 0.15) is 28.9 Å². The van der Waals surface area contributed by atoms with Crippen LogP contribution in [0.25, 0.3) is 10.9 Å². The molecule has 0 bridgehead atoms. The normalized spacial score (nSPS) is 10.6. The van der Waals surface area contributed by atoms with Gasteiger partial charge in [-0.15, -0.1) is 0 Å². The van der Waals surface area contributed by atoms with Crippen LogP contribution < -0.4 is 25.8 Å². The zero-order valence-corrected chi connectivity index (χ0v) is 17.8. The predicted molar refractivity (Wildman–Crippen MR) is 122 cm³/mol. The maximum atomic E-state index is 13.7. The Kier molecular flexibility index (Phi) is 6.22. The van der Waals surface area contributed by atoms with E-state index in [1.807, 2.05) is 0 Å². The molecule has 1 heterocycles. The fourth-order valence-corrected chi connectivity index (χ4v) is 3.21. The summed E-state index contributed by atoms with van der Waals surface area (Å²) in [6.07, 6.45) is 1.55. The van der Waals surface area contributed by atoms with Crippen molar-refractivity contribution in [2.45, 2.75) is 0 Å². The average molecular weight is 464 g/mol. The second-order valence-corrected chi connectivity index (χ2v) is 7.07. The minimum absolute atomic E-state index is 0.157. The van der Waals surface area contributed by atoms with E-state index in [0.29, 0.717) is 39.9 Å². The number of rotatable bonds is 6. The molecule has 172 valence electrons. The van der Waals surface area contributed by atoms with Crippen LogP contribution in [0.4, 0.5) is 25.0 Å². The van der Waals surface area contributed by atoms with E-state index in [1.165, 1.54) is 7.11 Å². The lowest BCUT2D eigenvalue weighted by Crippen LogP contribution is -2.20. The molecule has 0 aliphatic carbocycles. The number of primary amides is 1. The van der Waals surface area contributed by atoms with Gasteiger partial charge >= 0.3 is 6.03 Å². The molecule has 4 N–H and O–H groups in total. The molecule has 1 aromatic heterocycles. The van der Waals surface area contributed by atoms with Gasteiger partial charge < -0.3 is 25.8 Å². The zero-order chi connectivity index (χ0) is 24.2. The predicted octanol–water partition coefficient (Wildman–Crippen LogP) is 5.06. The Bertz CT molecular complexity index is 1390. The summed E-state index contributed by atoms with van der Waals surface area (Å²) in [6, 6.07) is 13.3. The minimum Gasteiger partial charge on any atom is -0.496 e. The van der Waals surface area contributed by atoms with Crippen LogP contribution in [0.2, 0.25) is 0 Å². The summed E-state index contributed by atoms with van der Waals surface area (Å²) in [5.41, 5.74) is 6.43. The van der Waals surface area contributed by atoms with Gasteiger partial charge in [-0.25, -0.2) is 13.6 Å². The number of aromatic nitrogens is 1. The number of carbonyl (C=O) groups is 2. The van der Waals surface area contributed by atoms with Crippen molar-refractivity contribution in [3.05, 3.63) is 84.1 Å². The Morgan fingerprint density at radius 3 is 2.38 bits per heavy atom. The number of urea groups is 1. The average Bonchev–Trinajstić information content (AvgIpc) is 2.81. The number of nitrogens with zero attached hydrogens (tertiary/aromatic N) is 1. The number of amides is 3. The number of nitrogens with one attached hydrogen (secondary N) is 2. The number of carbonyl (C=O) groups excluding carboxylic acids is 2. The van der Waals surface area contributed by atoms with Gasteiger partial charge in [0, 0.05) is 29.4 Å². The van der Waals surface area contributed by atoms with E-state index in [9.17, 15) is 18.4 Å². The second-order valence-electron chi connectivity index (χ2n) is 7.07. The SMILES string of the molecule is COc1cc2nccc(Oc3ccc(NC(=O)Nc4ccc(F)cc4F)cc3)c2cc1C(N)=O. The third kappa shape index (κ3) is 4.85. The van der Waals surface area contributed by atoms with Gasteiger partial charge in [0.2, 0.25) is 0 Å². The van der Waals surface area contributed by atoms with Crippen LogP contribution in [-0.2, 0) is 0 Å². The molecule has 0 aliphatic heterocycles. The Hall–Kier alpha value is -4.73. The molecule has 0 fully saturated rings. The van der Waals surface area contributed by atoms with E-state index in [0.717, 1.165) is 12.1 Å². The van der Waals surface area contributed by atoms with Crippen LogP contribution in [-0.4, -0.2) is 24.0 Å². The van der Waals surface area contributed by atoms with Crippen LogP contribution in [0.5, 0.6) is 17.2 Å². The molecule has 4 aromatic rings. The number of fused-ring (bicyclic) bond motifs is 1. The summed E-state index contributed by atoms with van der Waals surface area (Å²) in [5.74, 6) is -1.10. The van der Waals surface area contributed by atoms with E-state index in [4.69, 9.17) is 15.2 Å². The van der Waals surface area contributed by atoms with Gasteiger partial charge in [-0.2, -0.15) is 0 Å².